The highest BCUT2D eigenvalue weighted by Gasteiger charge is 2.37. The molecule has 0 aromatic heterocycles. The fraction of sp³-hybridized carbons (Fsp3) is 0.467. The lowest BCUT2D eigenvalue weighted by atomic mass is 9.91. The number of nitrogens with one attached hydrogen (secondary N) is 1. The summed E-state index contributed by atoms with van der Waals surface area (Å²) in [4.78, 5) is 25.0. The number of carbonyl (C=O) groups is 2. The predicted octanol–water partition coefficient (Wildman–Crippen LogP) is 2.71. The standard InChI is InChI=1S/C15H20N2O3/c1-10-5-7-12(8-6-10)16-15(20)17-9-3-4-11(2)13(17)14(18)19/h5-8,11,13H,3-4,9H2,1-2H3,(H,16,20)(H,18,19). The number of anilines is 1. The highest BCUT2D eigenvalue weighted by atomic mass is 16.4. The molecular weight excluding hydrogens is 256 g/mol. The first kappa shape index (κ1) is 14.4. The number of carboxylic acid groups (broad SMARTS) is 1. The van der Waals surface area contributed by atoms with Crippen LogP contribution in [-0.2, 0) is 4.79 Å². The minimum absolute atomic E-state index is 0.0231. The van der Waals surface area contributed by atoms with Crippen molar-refractivity contribution in [2.45, 2.75) is 32.7 Å². The van der Waals surface area contributed by atoms with Crippen molar-refractivity contribution in [3.05, 3.63) is 29.8 Å². The maximum Gasteiger partial charge on any atom is 0.326 e. The van der Waals surface area contributed by atoms with Crippen LogP contribution in [0.2, 0.25) is 0 Å². The van der Waals surface area contributed by atoms with Gasteiger partial charge in [-0.1, -0.05) is 24.6 Å². The van der Waals surface area contributed by atoms with Crippen molar-refractivity contribution >= 4 is 17.7 Å². The molecule has 0 spiro atoms. The Morgan fingerprint density at radius 2 is 1.95 bits per heavy atom. The lowest BCUT2D eigenvalue weighted by molar-refractivity contribution is -0.145. The number of nitrogens with zero attached hydrogens (tertiary/aromatic N) is 1. The summed E-state index contributed by atoms with van der Waals surface area (Å²) in [5, 5.41) is 12.1. The van der Waals surface area contributed by atoms with E-state index in [1.54, 1.807) is 0 Å². The van der Waals surface area contributed by atoms with Gasteiger partial charge in [-0.3, -0.25) is 0 Å². The molecule has 0 saturated carbocycles. The molecule has 20 heavy (non-hydrogen) atoms. The summed E-state index contributed by atoms with van der Waals surface area (Å²) in [6, 6.07) is 6.36. The van der Waals surface area contributed by atoms with Gasteiger partial charge in [-0.05, 0) is 37.8 Å². The molecule has 2 atom stereocenters. The van der Waals surface area contributed by atoms with E-state index in [1.807, 2.05) is 38.1 Å². The zero-order valence-corrected chi connectivity index (χ0v) is 11.8. The van der Waals surface area contributed by atoms with Crippen molar-refractivity contribution in [2.24, 2.45) is 5.92 Å². The SMILES string of the molecule is Cc1ccc(NC(=O)N2CCCC(C)C2C(=O)O)cc1. The van der Waals surface area contributed by atoms with Crippen molar-refractivity contribution in [2.75, 3.05) is 11.9 Å². The van der Waals surface area contributed by atoms with Gasteiger partial charge in [0.25, 0.3) is 0 Å². The molecule has 0 radical (unpaired) electrons. The van der Waals surface area contributed by atoms with E-state index >= 15 is 0 Å². The van der Waals surface area contributed by atoms with Crippen LogP contribution in [0.25, 0.3) is 0 Å². The minimum Gasteiger partial charge on any atom is -0.480 e. The Morgan fingerprint density at radius 1 is 1.30 bits per heavy atom. The Labute approximate surface area is 118 Å². The molecule has 1 aromatic carbocycles. The highest BCUT2D eigenvalue weighted by molar-refractivity contribution is 5.92. The second-order valence-corrected chi connectivity index (χ2v) is 5.39. The third-order valence-corrected chi connectivity index (χ3v) is 3.75. The van der Waals surface area contributed by atoms with E-state index in [4.69, 9.17) is 0 Å². The number of likely N-dealkylation sites (tertiary alicyclic amines) is 1. The van der Waals surface area contributed by atoms with Gasteiger partial charge >= 0.3 is 12.0 Å². The molecule has 2 N–H and O–H groups in total. The minimum atomic E-state index is -0.934. The van der Waals surface area contributed by atoms with Crippen LogP contribution in [-0.4, -0.2) is 34.6 Å². The lowest BCUT2D eigenvalue weighted by Gasteiger charge is -2.37. The summed E-state index contributed by atoms with van der Waals surface area (Å²) in [5.41, 5.74) is 1.79. The number of benzene rings is 1. The number of carboxylic acids is 1. The zero-order chi connectivity index (χ0) is 14.7. The number of amides is 2. The third kappa shape index (κ3) is 3.10. The van der Waals surface area contributed by atoms with Crippen molar-refractivity contribution in [1.29, 1.82) is 0 Å². The van der Waals surface area contributed by atoms with Gasteiger partial charge in [0.2, 0.25) is 0 Å². The average Bonchev–Trinajstić information content (AvgIpc) is 2.40. The quantitative estimate of drug-likeness (QED) is 0.872. The van der Waals surface area contributed by atoms with Crippen LogP contribution < -0.4 is 5.32 Å². The van der Waals surface area contributed by atoms with E-state index in [0.29, 0.717) is 12.2 Å². The van der Waals surface area contributed by atoms with E-state index in [2.05, 4.69) is 5.32 Å². The Hall–Kier alpha value is -2.04. The zero-order valence-electron chi connectivity index (χ0n) is 11.8. The van der Waals surface area contributed by atoms with Crippen LogP contribution in [0.4, 0.5) is 10.5 Å². The molecule has 2 amide bonds. The van der Waals surface area contributed by atoms with Gasteiger partial charge in [0, 0.05) is 12.2 Å². The van der Waals surface area contributed by atoms with E-state index < -0.39 is 12.0 Å². The van der Waals surface area contributed by atoms with Crippen LogP contribution in [0.3, 0.4) is 0 Å². The summed E-state index contributed by atoms with van der Waals surface area (Å²) in [6.07, 6.45) is 1.68. The van der Waals surface area contributed by atoms with Gasteiger partial charge in [0.05, 0.1) is 0 Å². The van der Waals surface area contributed by atoms with Gasteiger partial charge < -0.3 is 15.3 Å². The van der Waals surface area contributed by atoms with Crippen molar-refractivity contribution in [1.82, 2.24) is 4.90 Å². The van der Waals surface area contributed by atoms with Crippen molar-refractivity contribution in [3.8, 4) is 0 Å². The molecule has 0 aliphatic carbocycles. The molecule has 1 fully saturated rings. The molecule has 2 rings (SSSR count). The fourth-order valence-corrected chi connectivity index (χ4v) is 2.62. The van der Waals surface area contributed by atoms with Crippen molar-refractivity contribution in [3.63, 3.8) is 0 Å². The number of aliphatic carboxylic acids is 1. The van der Waals surface area contributed by atoms with Crippen LogP contribution in [0, 0.1) is 12.8 Å². The monoisotopic (exact) mass is 276 g/mol. The summed E-state index contributed by atoms with van der Waals surface area (Å²) in [6.45, 7) is 4.33. The average molecular weight is 276 g/mol. The van der Waals surface area contributed by atoms with Crippen LogP contribution >= 0.6 is 0 Å². The molecule has 1 heterocycles. The molecule has 5 heteroatoms. The van der Waals surface area contributed by atoms with Gasteiger partial charge in [-0.2, -0.15) is 0 Å². The number of aryl methyl sites for hydroxylation is 1. The van der Waals surface area contributed by atoms with Gasteiger partial charge in [0.15, 0.2) is 0 Å². The maximum absolute atomic E-state index is 12.3. The topological polar surface area (TPSA) is 69.6 Å². The molecule has 0 bridgehead atoms. The second kappa shape index (κ2) is 5.94. The number of hydrogen-bond acceptors (Lipinski definition) is 2. The normalized spacial score (nSPS) is 22.4. The first-order chi connectivity index (χ1) is 9.49. The first-order valence-electron chi connectivity index (χ1n) is 6.86. The third-order valence-electron chi connectivity index (χ3n) is 3.75. The van der Waals surface area contributed by atoms with Gasteiger partial charge in [0.1, 0.15) is 6.04 Å². The number of hydrogen-bond donors (Lipinski definition) is 2. The molecule has 1 aromatic rings. The number of carbonyl (C=O) groups excluding carboxylic acids is 1. The summed E-state index contributed by atoms with van der Waals surface area (Å²) in [5.74, 6) is -0.957. The Balaban J connectivity index is 2.10. The number of urea groups is 1. The van der Waals surface area contributed by atoms with E-state index in [1.165, 1.54) is 4.90 Å². The molecule has 1 aliphatic rings. The first-order valence-corrected chi connectivity index (χ1v) is 6.86. The Bertz CT molecular complexity index is 498. The molecule has 1 aliphatic heterocycles. The smallest absolute Gasteiger partial charge is 0.326 e. The lowest BCUT2D eigenvalue weighted by Crippen LogP contribution is -2.53. The van der Waals surface area contributed by atoms with Crippen LogP contribution in [0.15, 0.2) is 24.3 Å². The molecule has 108 valence electrons. The fourth-order valence-electron chi connectivity index (χ4n) is 2.62. The van der Waals surface area contributed by atoms with E-state index in [9.17, 15) is 14.7 Å². The largest absolute Gasteiger partial charge is 0.480 e. The number of piperidine rings is 1. The summed E-state index contributed by atoms with van der Waals surface area (Å²) in [7, 11) is 0. The maximum atomic E-state index is 12.3. The van der Waals surface area contributed by atoms with Gasteiger partial charge in [-0.25, -0.2) is 9.59 Å². The van der Waals surface area contributed by atoms with Gasteiger partial charge in [-0.15, -0.1) is 0 Å². The highest BCUT2D eigenvalue weighted by Crippen LogP contribution is 2.24. The molecule has 5 nitrogen and oxygen atoms in total. The van der Waals surface area contributed by atoms with Crippen molar-refractivity contribution < 1.29 is 14.7 Å². The number of rotatable bonds is 2. The second-order valence-electron chi connectivity index (χ2n) is 5.39. The molecule has 2 unspecified atom stereocenters. The van der Waals surface area contributed by atoms with E-state index in [-0.39, 0.29) is 11.9 Å². The Morgan fingerprint density at radius 3 is 2.55 bits per heavy atom. The van der Waals surface area contributed by atoms with Crippen LogP contribution in [0.5, 0.6) is 0 Å². The summed E-state index contributed by atoms with van der Waals surface area (Å²) >= 11 is 0. The predicted molar refractivity (Wildman–Crippen MR) is 76.7 cm³/mol. The summed E-state index contributed by atoms with van der Waals surface area (Å²) < 4.78 is 0. The molecule has 1 saturated heterocycles. The van der Waals surface area contributed by atoms with Crippen LogP contribution in [0.1, 0.15) is 25.3 Å². The molecular formula is C15H20N2O3. The Kier molecular flexibility index (Phi) is 4.27. The van der Waals surface area contributed by atoms with E-state index in [0.717, 1.165) is 18.4 Å².